The quantitative estimate of drug-likeness (QED) is 0.162. The minimum Gasteiger partial charge on any atom is -0.493 e. The SMILES string of the molecule is C=CCc1ccccc1OCCCCn1c(C(C)NC(=O)COc2ccc(Cl)cc2)nc2ccccc21. The van der Waals surface area contributed by atoms with Crippen molar-refractivity contribution in [2.75, 3.05) is 13.2 Å². The number of carbonyl (C=O) groups excluding carboxylic acids is 1. The molecule has 0 aliphatic rings. The Morgan fingerprint density at radius 2 is 1.81 bits per heavy atom. The van der Waals surface area contributed by atoms with Crippen LogP contribution in [-0.4, -0.2) is 28.7 Å². The molecular formula is C30H32ClN3O3. The van der Waals surface area contributed by atoms with Gasteiger partial charge in [-0.25, -0.2) is 4.98 Å². The number of carbonyl (C=O) groups is 1. The topological polar surface area (TPSA) is 65.4 Å². The standard InChI is InChI=1S/C30H32ClN3O3/c1-3-10-23-11-4-7-14-28(23)36-20-9-8-19-34-27-13-6-5-12-26(27)33-30(34)22(2)32-29(35)21-37-25-17-15-24(31)16-18-25/h3-7,11-18,22H,1,8-10,19-21H2,2H3,(H,32,35). The van der Waals surface area contributed by atoms with Crippen LogP contribution in [0.4, 0.5) is 0 Å². The van der Waals surface area contributed by atoms with Crippen molar-refractivity contribution in [3.8, 4) is 11.5 Å². The highest BCUT2D eigenvalue weighted by atomic mass is 35.5. The van der Waals surface area contributed by atoms with Crippen molar-refractivity contribution in [2.24, 2.45) is 0 Å². The van der Waals surface area contributed by atoms with Gasteiger partial charge in [-0.05, 0) is 74.2 Å². The first-order valence-electron chi connectivity index (χ1n) is 12.5. The molecule has 0 spiro atoms. The second-order valence-corrected chi connectivity index (χ2v) is 9.23. The zero-order valence-electron chi connectivity index (χ0n) is 21.0. The summed E-state index contributed by atoms with van der Waals surface area (Å²) in [6, 6.07) is 22.8. The Balaban J connectivity index is 1.35. The zero-order valence-corrected chi connectivity index (χ0v) is 21.8. The molecule has 0 fully saturated rings. The van der Waals surface area contributed by atoms with Gasteiger partial charge in [0, 0.05) is 11.6 Å². The summed E-state index contributed by atoms with van der Waals surface area (Å²) in [7, 11) is 0. The number of fused-ring (bicyclic) bond motifs is 1. The van der Waals surface area contributed by atoms with Gasteiger partial charge in [-0.2, -0.15) is 0 Å². The van der Waals surface area contributed by atoms with E-state index in [4.69, 9.17) is 26.1 Å². The molecular weight excluding hydrogens is 486 g/mol. The van der Waals surface area contributed by atoms with E-state index in [1.54, 1.807) is 24.3 Å². The van der Waals surface area contributed by atoms with Crippen LogP contribution in [0.3, 0.4) is 0 Å². The summed E-state index contributed by atoms with van der Waals surface area (Å²) in [6.45, 7) is 7.08. The molecule has 1 amide bonds. The van der Waals surface area contributed by atoms with Gasteiger partial charge < -0.3 is 19.4 Å². The third kappa shape index (κ3) is 7.14. The monoisotopic (exact) mass is 517 g/mol. The molecule has 37 heavy (non-hydrogen) atoms. The van der Waals surface area contributed by atoms with Crippen LogP contribution in [-0.2, 0) is 17.8 Å². The fourth-order valence-electron chi connectivity index (χ4n) is 4.21. The van der Waals surface area contributed by atoms with Crippen LogP contribution < -0.4 is 14.8 Å². The second kappa shape index (κ2) is 13.0. The number of para-hydroxylation sites is 3. The highest BCUT2D eigenvalue weighted by Crippen LogP contribution is 2.23. The van der Waals surface area contributed by atoms with Crippen LogP contribution in [0.25, 0.3) is 11.0 Å². The molecule has 3 aromatic carbocycles. The lowest BCUT2D eigenvalue weighted by Crippen LogP contribution is -2.32. The third-order valence-electron chi connectivity index (χ3n) is 6.00. The van der Waals surface area contributed by atoms with Crippen molar-refractivity contribution < 1.29 is 14.3 Å². The Kier molecular flexibility index (Phi) is 9.22. The number of nitrogens with one attached hydrogen (secondary N) is 1. The summed E-state index contributed by atoms with van der Waals surface area (Å²) in [6.07, 6.45) is 4.48. The van der Waals surface area contributed by atoms with Gasteiger partial charge >= 0.3 is 0 Å². The molecule has 1 unspecified atom stereocenters. The zero-order chi connectivity index (χ0) is 26.0. The van der Waals surface area contributed by atoms with Crippen LogP contribution in [0.2, 0.25) is 5.02 Å². The molecule has 0 aliphatic carbocycles. The summed E-state index contributed by atoms with van der Waals surface area (Å²) >= 11 is 5.90. The van der Waals surface area contributed by atoms with Crippen LogP contribution >= 0.6 is 11.6 Å². The molecule has 0 saturated heterocycles. The lowest BCUT2D eigenvalue weighted by molar-refractivity contribution is -0.123. The fourth-order valence-corrected chi connectivity index (χ4v) is 4.34. The molecule has 6 nitrogen and oxygen atoms in total. The maximum Gasteiger partial charge on any atom is 0.258 e. The van der Waals surface area contributed by atoms with Gasteiger partial charge in [0.15, 0.2) is 6.61 Å². The number of unbranched alkanes of at least 4 members (excludes halogenated alkanes) is 1. The number of nitrogens with zero attached hydrogens (tertiary/aromatic N) is 2. The predicted octanol–water partition coefficient (Wildman–Crippen LogP) is 6.53. The highest BCUT2D eigenvalue weighted by molar-refractivity contribution is 6.30. The largest absolute Gasteiger partial charge is 0.493 e. The minimum atomic E-state index is -0.282. The minimum absolute atomic E-state index is 0.0864. The van der Waals surface area contributed by atoms with E-state index in [0.29, 0.717) is 17.4 Å². The number of allylic oxidation sites excluding steroid dienone is 1. The summed E-state index contributed by atoms with van der Waals surface area (Å²) in [5, 5.41) is 3.63. The number of imidazole rings is 1. The fraction of sp³-hybridized carbons (Fsp3) is 0.267. The van der Waals surface area contributed by atoms with Gasteiger partial charge in [0.2, 0.25) is 0 Å². The number of hydrogen-bond donors (Lipinski definition) is 1. The molecule has 0 radical (unpaired) electrons. The van der Waals surface area contributed by atoms with E-state index in [2.05, 4.69) is 28.6 Å². The average Bonchev–Trinajstić information content (AvgIpc) is 3.28. The lowest BCUT2D eigenvalue weighted by Gasteiger charge is -2.17. The first-order valence-corrected chi connectivity index (χ1v) is 12.9. The second-order valence-electron chi connectivity index (χ2n) is 8.80. The Labute approximate surface area is 222 Å². The molecule has 0 bridgehead atoms. The number of halogens is 1. The number of benzene rings is 3. The lowest BCUT2D eigenvalue weighted by atomic mass is 10.1. The molecule has 7 heteroatoms. The molecule has 0 aliphatic heterocycles. The van der Waals surface area contributed by atoms with E-state index < -0.39 is 0 Å². The van der Waals surface area contributed by atoms with E-state index in [9.17, 15) is 4.79 Å². The van der Waals surface area contributed by atoms with E-state index in [0.717, 1.165) is 54.0 Å². The van der Waals surface area contributed by atoms with Crippen molar-refractivity contribution in [1.29, 1.82) is 0 Å². The van der Waals surface area contributed by atoms with Crippen LogP contribution in [0, 0.1) is 0 Å². The number of ether oxygens (including phenoxy) is 2. The number of amides is 1. The molecule has 4 rings (SSSR count). The first-order chi connectivity index (χ1) is 18.0. The normalized spacial score (nSPS) is 11.7. The summed E-state index contributed by atoms with van der Waals surface area (Å²) < 4.78 is 13.8. The molecule has 1 heterocycles. The van der Waals surface area contributed by atoms with Gasteiger partial charge in [-0.1, -0.05) is 48.0 Å². The summed E-state index contributed by atoms with van der Waals surface area (Å²) in [4.78, 5) is 17.4. The number of rotatable bonds is 13. The van der Waals surface area contributed by atoms with Gasteiger partial charge in [0.25, 0.3) is 5.91 Å². The molecule has 4 aromatic rings. The molecule has 1 aromatic heterocycles. The highest BCUT2D eigenvalue weighted by Gasteiger charge is 2.18. The van der Waals surface area contributed by atoms with E-state index in [1.165, 1.54) is 0 Å². The van der Waals surface area contributed by atoms with E-state index in [-0.39, 0.29) is 18.6 Å². The van der Waals surface area contributed by atoms with Gasteiger partial charge in [-0.15, -0.1) is 6.58 Å². The Bertz CT molecular complexity index is 1330. The first kappa shape index (κ1) is 26.3. The van der Waals surface area contributed by atoms with Crippen LogP contribution in [0.15, 0.2) is 85.5 Å². The van der Waals surface area contributed by atoms with E-state index in [1.807, 2.05) is 49.4 Å². The number of hydrogen-bond acceptors (Lipinski definition) is 4. The van der Waals surface area contributed by atoms with Crippen LogP contribution in [0.5, 0.6) is 11.5 Å². The van der Waals surface area contributed by atoms with Crippen molar-refractivity contribution >= 4 is 28.5 Å². The summed E-state index contributed by atoms with van der Waals surface area (Å²) in [5.41, 5.74) is 3.10. The third-order valence-corrected chi connectivity index (χ3v) is 6.25. The van der Waals surface area contributed by atoms with Crippen molar-refractivity contribution in [2.45, 2.75) is 38.8 Å². The van der Waals surface area contributed by atoms with Crippen molar-refractivity contribution in [3.05, 3.63) is 102 Å². The van der Waals surface area contributed by atoms with Gasteiger partial charge in [-0.3, -0.25) is 4.79 Å². The van der Waals surface area contributed by atoms with Gasteiger partial charge in [0.1, 0.15) is 17.3 Å². The average molecular weight is 518 g/mol. The molecule has 1 N–H and O–H groups in total. The number of aryl methyl sites for hydroxylation is 1. The Hall–Kier alpha value is -3.77. The van der Waals surface area contributed by atoms with Crippen LogP contribution in [0.1, 0.15) is 37.2 Å². The number of aromatic nitrogens is 2. The molecule has 192 valence electrons. The maximum atomic E-state index is 12.6. The maximum absolute atomic E-state index is 12.6. The Morgan fingerprint density at radius 3 is 2.62 bits per heavy atom. The Morgan fingerprint density at radius 1 is 1.05 bits per heavy atom. The predicted molar refractivity (Wildman–Crippen MR) is 148 cm³/mol. The van der Waals surface area contributed by atoms with E-state index >= 15 is 0 Å². The van der Waals surface area contributed by atoms with Crippen molar-refractivity contribution in [3.63, 3.8) is 0 Å². The van der Waals surface area contributed by atoms with Gasteiger partial charge in [0.05, 0.1) is 23.7 Å². The molecule has 0 saturated carbocycles. The van der Waals surface area contributed by atoms with Crippen molar-refractivity contribution in [1.82, 2.24) is 14.9 Å². The molecule has 1 atom stereocenters. The smallest absolute Gasteiger partial charge is 0.258 e. The summed E-state index contributed by atoms with van der Waals surface area (Å²) in [5.74, 6) is 2.10.